The molecule has 4 heteroatoms. The quantitative estimate of drug-likeness (QED) is 0.662. The van der Waals surface area contributed by atoms with Crippen molar-refractivity contribution >= 4 is 5.70 Å². The van der Waals surface area contributed by atoms with Crippen molar-refractivity contribution in [3.05, 3.63) is 53.3 Å². The first-order valence-corrected chi connectivity index (χ1v) is 5.32. The zero-order valence-corrected chi connectivity index (χ0v) is 8.60. The Labute approximate surface area is 92.2 Å². The molecule has 1 aliphatic carbocycles. The van der Waals surface area contributed by atoms with Crippen LogP contribution >= 0.6 is 0 Å². The lowest BCUT2D eigenvalue weighted by Gasteiger charge is -2.13. The van der Waals surface area contributed by atoms with Crippen LogP contribution in [0, 0.1) is 0 Å². The summed E-state index contributed by atoms with van der Waals surface area (Å²) in [5, 5.41) is 7.02. The van der Waals surface area contributed by atoms with Gasteiger partial charge in [-0.25, -0.2) is 0 Å². The first kappa shape index (κ1) is 8.10. The summed E-state index contributed by atoms with van der Waals surface area (Å²) in [4.78, 5) is 0. The highest BCUT2D eigenvalue weighted by Crippen LogP contribution is 2.33. The summed E-state index contributed by atoms with van der Waals surface area (Å²) >= 11 is 0. The van der Waals surface area contributed by atoms with Crippen molar-refractivity contribution in [2.75, 3.05) is 0 Å². The molecule has 2 aromatic rings. The van der Waals surface area contributed by atoms with Crippen LogP contribution in [-0.2, 0) is 17.8 Å². The van der Waals surface area contributed by atoms with Crippen molar-refractivity contribution in [1.82, 2.24) is 10.2 Å². The third-order valence-electron chi connectivity index (χ3n) is 3.17. The van der Waals surface area contributed by atoms with E-state index in [1.54, 1.807) is 0 Å². The molecule has 78 valence electrons. The Bertz CT molecular complexity index is 612. The molecule has 0 bridgehead atoms. The number of nitrogens with one attached hydrogen (secondary N) is 1. The summed E-state index contributed by atoms with van der Waals surface area (Å²) in [6.45, 7) is 0.576. The van der Waals surface area contributed by atoms with E-state index in [4.69, 9.17) is 4.74 Å². The van der Waals surface area contributed by atoms with Gasteiger partial charge in [-0.05, 0) is 5.56 Å². The summed E-state index contributed by atoms with van der Waals surface area (Å²) in [5.74, 6) is 2.05. The molecule has 2 heterocycles. The highest BCUT2D eigenvalue weighted by atomic mass is 16.5. The number of aromatic nitrogens is 3. The molecule has 0 amide bonds. The van der Waals surface area contributed by atoms with E-state index in [0.29, 0.717) is 6.61 Å². The van der Waals surface area contributed by atoms with Crippen LogP contribution in [0.25, 0.3) is 5.70 Å². The Balaban J connectivity index is 2.00. The number of nitrogens with zero attached hydrogens (tertiary/aromatic N) is 2. The predicted molar refractivity (Wildman–Crippen MR) is 56.0 cm³/mol. The SMILES string of the molecule is c1ccc2c(c1)CC1=C2[n+]2cn[nH]c2CO1. The van der Waals surface area contributed by atoms with E-state index >= 15 is 0 Å². The van der Waals surface area contributed by atoms with Gasteiger partial charge in [0.2, 0.25) is 0 Å². The predicted octanol–water partition coefficient (Wildman–Crippen LogP) is 1.00. The van der Waals surface area contributed by atoms with Crippen molar-refractivity contribution in [3.63, 3.8) is 0 Å². The summed E-state index contributed by atoms with van der Waals surface area (Å²) in [5.41, 5.74) is 3.73. The zero-order chi connectivity index (χ0) is 10.5. The largest absolute Gasteiger partial charge is 0.483 e. The Kier molecular flexibility index (Phi) is 1.38. The second-order valence-electron chi connectivity index (χ2n) is 4.07. The molecule has 1 aromatic carbocycles. The molecule has 0 spiro atoms. The number of fused-ring (bicyclic) bond motifs is 4. The topological polar surface area (TPSA) is 41.8 Å². The maximum Gasteiger partial charge on any atom is 0.276 e. The molecule has 4 nitrogen and oxygen atoms in total. The number of allylic oxidation sites excluding steroid dienone is 1. The van der Waals surface area contributed by atoms with E-state index in [0.717, 1.165) is 23.7 Å². The highest BCUT2D eigenvalue weighted by molar-refractivity contribution is 5.69. The number of hydrogen-bond donors (Lipinski definition) is 1. The first-order chi connectivity index (χ1) is 7.93. The van der Waals surface area contributed by atoms with Crippen LogP contribution in [0.2, 0.25) is 0 Å². The Morgan fingerprint density at radius 2 is 2.25 bits per heavy atom. The first-order valence-electron chi connectivity index (χ1n) is 5.32. The van der Waals surface area contributed by atoms with Gasteiger partial charge in [0.15, 0.2) is 12.3 Å². The molecule has 0 saturated heterocycles. The Hall–Kier alpha value is -2.10. The lowest BCUT2D eigenvalue weighted by molar-refractivity contribution is -0.596. The summed E-state index contributed by atoms with van der Waals surface area (Å²) in [6.07, 6.45) is 2.71. The van der Waals surface area contributed by atoms with Crippen molar-refractivity contribution in [2.24, 2.45) is 0 Å². The highest BCUT2D eigenvalue weighted by Gasteiger charge is 2.33. The summed E-state index contributed by atoms with van der Waals surface area (Å²) in [6, 6.07) is 8.41. The molecule has 0 atom stereocenters. The van der Waals surface area contributed by atoms with Gasteiger partial charge in [-0.3, -0.25) is 0 Å². The number of ether oxygens (including phenoxy) is 1. The van der Waals surface area contributed by atoms with Gasteiger partial charge in [-0.15, -0.1) is 5.10 Å². The number of rotatable bonds is 0. The van der Waals surface area contributed by atoms with Crippen LogP contribution in [0.1, 0.15) is 17.0 Å². The summed E-state index contributed by atoms with van der Waals surface area (Å²) < 4.78 is 7.84. The van der Waals surface area contributed by atoms with Crippen molar-refractivity contribution in [1.29, 1.82) is 0 Å². The van der Waals surface area contributed by atoms with E-state index < -0.39 is 0 Å². The van der Waals surface area contributed by atoms with Crippen LogP contribution in [0.4, 0.5) is 0 Å². The second kappa shape index (κ2) is 2.72. The molecule has 0 saturated carbocycles. The lowest BCUT2D eigenvalue weighted by Crippen LogP contribution is -2.38. The summed E-state index contributed by atoms with van der Waals surface area (Å²) in [7, 11) is 0. The molecule has 1 aliphatic heterocycles. The van der Waals surface area contributed by atoms with E-state index in [1.165, 1.54) is 11.1 Å². The minimum absolute atomic E-state index is 0.576. The van der Waals surface area contributed by atoms with Crippen LogP contribution in [0.15, 0.2) is 36.4 Å². The average molecular weight is 212 g/mol. The van der Waals surface area contributed by atoms with E-state index in [-0.39, 0.29) is 0 Å². The van der Waals surface area contributed by atoms with Gasteiger partial charge in [0.25, 0.3) is 12.2 Å². The maximum absolute atomic E-state index is 5.76. The van der Waals surface area contributed by atoms with Gasteiger partial charge in [-0.2, -0.15) is 4.57 Å². The number of H-pyrrole nitrogens is 1. The second-order valence-corrected chi connectivity index (χ2v) is 4.07. The molecule has 4 rings (SSSR count). The van der Waals surface area contributed by atoms with E-state index in [2.05, 4.69) is 39.0 Å². The van der Waals surface area contributed by atoms with Gasteiger partial charge in [0.05, 0.1) is 0 Å². The van der Waals surface area contributed by atoms with Crippen LogP contribution < -0.4 is 4.57 Å². The number of aromatic amines is 1. The minimum Gasteiger partial charge on any atom is -0.483 e. The Morgan fingerprint density at radius 1 is 1.31 bits per heavy atom. The van der Waals surface area contributed by atoms with Gasteiger partial charge in [-0.1, -0.05) is 24.3 Å². The van der Waals surface area contributed by atoms with E-state index in [9.17, 15) is 0 Å². The van der Waals surface area contributed by atoms with Crippen LogP contribution in [0.5, 0.6) is 0 Å². The van der Waals surface area contributed by atoms with Gasteiger partial charge >= 0.3 is 0 Å². The molecule has 16 heavy (non-hydrogen) atoms. The molecular formula is C12H10N3O+. The molecule has 0 fully saturated rings. The molecule has 1 aromatic heterocycles. The van der Waals surface area contributed by atoms with E-state index in [1.807, 2.05) is 6.33 Å². The molecule has 1 N–H and O–H groups in total. The number of hydrogen-bond acceptors (Lipinski definition) is 2. The fourth-order valence-electron chi connectivity index (χ4n) is 2.43. The van der Waals surface area contributed by atoms with Crippen LogP contribution in [-0.4, -0.2) is 10.2 Å². The molecule has 2 aliphatic rings. The lowest BCUT2D eigenvalue weighted by atomic mass is 10.1. The Morgan fingerprint density at radius 3 is 3.25 bits per heavy atom. The molecular weight excluding hydrogens is 202 g/mol. The standard InChI is InChI=1S/C12H9N3O/c1-2-4-9-8(3-1)5-10-12(9)15-7-13-14-11(15)6-16-10/h1-4,7H,5-6H2/p+1. The van der Waals surface area contributed by atoms with Gasteiger partial charge in [0.1, 0.15) is 5.76 Å². The van der Waals surface area contributed by atoms with Crippen LogP contribution in [0.3, 0.4) is 0 Å². The van der Waals surface area contributed by atoms with Crippen molar-refractivity contribution in [3.8, 4) is 0 Å². The monoisotopic (exact) mass is 212 g/mol. The average Bonchev–Trinajstić information content (AvgIpc) is 2.91. The van der Waals surface area contributed by atoms with Gasteiger partial charge in [0, 0.05) is 17.1 Å². The normalized spacial score (nSPS) is 16.5. The fraction of sp³-hybridized carbons (Fsp3) is 0.167. The third-order valence-corrected chi connectivity index (χ3v) is 3.17. The third kappa shape index (κ3) is 0.888. The van der Waals surface area contributed by atoms with Crippen molar-refractivity contribution in [2.45, 2.75) is 13.0 Å². The minimum atomic E-state index is 0.576. The number of benzene rings is 1. The van der Waals surface area contributed by atoms with Crippen molar-refractivity contribution < 1.29 is 9.30 Å². The maximum atomic E-state index is 5.76. The fourth-order valence-corrected chi connectivity index (χ4v) is 2.43. The smallest absolute Gasteiger partial charge is 0.276 e. The zero-order valence-electron chi connectivity index (χ0n) is 8.60. The molecule has 0 radical (unpaired) electrons. The van der Waals surface area contributed by atoms with Gasteiger partial charge < -0.3 is 4.74 Å². The molecule has 0 unspecified atom stereocenters.